The Hall–Kier alpha value is -5.59. The first-order chi connectivity index (χ1) is 21.2. The van der Waals surface area contributed by atoms with Crippen molar-refractivity contribution in [2.24, 2.45) is 25.6 Å². The van der Waals surface area contributed by atoms with Crippen LogP contribution in [0.15, 0.2) is 140 Å². The molecule has 6 rings (SSSR count). The first kappa shape index (κ1) is 28.5. The minimum absolute atomic E-state index is 0.00707. The van der Waals surface area contributed by atoms with E-state index in [0.717, 1.165) is 10.8 Å². The maximum absolute atomic E-state index is 12.9. The molecule has 218 valence electrons. The Kier molecular flexibility index (Phi) is 7.51. The molecule has 0 aliphatic carbocycles. The smallest absolute Gasteiger partial charge is 0.295 e. The fraction of sp³-hybridized carbons (Fsp3) is 0.0625. The summed E-state index contributed by atoms with van der Waals surface area (Å²) in [5.74, 6) is -0.399. The van der Waals surface area contributed by atoms with Crippen LogP contribution in [-0.4, -0.2) is 35.7 Å². The third-order valence-corrected chi connectivity index (χ3v) is 7.85. The second-order valence-electron chi connectivity index (χ2n) is 9.90. The maximum atomic E-state index is 12.9. The standard InChI is InChI=1S/C32H24N6O5S/c1-20-30(32(40)38(37-20)25-8-3-2-4-9-25)35-34-24-16-17-26(29(19-24)44(41,42)43)22-11-14-23(15-12-22)33-36-31-27-10-6-5-7-21(27)13-18-28(31)39/h2-19,30,39H,1H3,(H,41,42,43)/b35-34+,36-33+. The van der Waals surface area contributed by atoms with Crippen LogP contribution in [-0.2, 0) is 14.9 Å². The normalized spacial score (nSPS) is 15.5. The molecule has 5 aromatic rings. The topological polar surface area (TPSA) is 157 Å². The second kappa shape index (κ2) is 11.6. The third-order valence-electron chi connectivity index (χ3n) is 6.95. The van der Waals surface area contributed by atoms with Crippen LogP contribution in [0.4, 0.5) is 22.7 Å². The number of carbonyl (C=O) groups is 1. The highest BCUT2D eigenvalue weighted by molar-refractivity contribution is 7.86. The quantitative estimate of drug-likeness (QED) is 0.143. The number of rotatable bonds is 7. The summed E-state index contributed by atoms with van der Waals surface area (Å²) in [4.78, 5) is 12.6. The van der Waals surface area contributed by atoms with Gasteiger partial charge in [-0.1, -0.05) is 66.7 Å². The molecule has 0 aromatic heterocycles. The highest BCUT2D eigenvalue weighted by Gasteiger charge is 2.34. The number of benzene rings is 5. The van der Waals surface area contributed by atoms with E-state index in [1.807, 2.05) is 30.3 Å². The molecule has 1 atom stereocenters. The summed E-state index contributed by atoms with van der Waals surface area (Å²) in [7, 11) is -4.66. The van der Waals surface area contributed by atoms with E-state index < -0.39 is 22.1 Å². The summed E-state index contributed by atoms with van der Waals surface area (Å²) in [5, 5.41) is 34.2. The minimum atomic E-state index is -4.66. The number of azo groups is 2. The van der Waals surface area contributed by atoms with Crippen molar-refractivity contribution < 1.29 is 22.9 Å². The van der Waals surface area contributed by atoms with Crippen LogP contribution in [0.5, 0.6) is 5.75 Å². The van der Waals surface area contributed by atoms with E-state index in [1.54, 1.807) is 67.6 Å². The summed E-state index contributed by atoms with van der Waals surface area (Å²) in [6.45, 7) is 1.66. The zero-order chi connectivity index (χ0) is 30.8. The predicted molar refractivity (Wildman–Crippen MR) is 167 cm³/mol. The molecule has 12 heteroatoms. The van der Waals surface area contributed by atoms with Gasteiger partial charge in [-0.15, -0.1) is 5.11 Å². The number of hydrazone groups is 1. The van der Waals surface area contributed by atoms with Gasteiger partial charge in [-0.05, 0) is 60.3 Å². The van der Waals surface area contributed by atoms with Crippen molar-refractivity contribution in [1.29, 1.82) is 0 Å². The summed E-state index contributed by atoms with van der Waals surface area (Å²) in [6, 6.07) is 29.5. The molecule has 11 nitrogen and oxygen atoms in total. The summed E-state index contributed by atoms with van der Waals surface area (Å²) in [5.41, 5.74) is 2.66. The van der Waals surface area contributed by atoms with Gasteiger partial charge in [-0.3, -0.25) is 9.35 Å². The molecule has 0 spiro atoms. The van der Waals surface area contributed by atoms with Crippen LogP contribution in [0.2, 0.25) is 0 Å². The van der Waals surface area contributed by atoms with E-state index in [4.69, 9.17) is 0 Å². The van der Waals surface area contributed by atoms with Gasteiger partial charge in [-0.25, -0.2) is 0 Å². The maximum Gasteiger partial charge on any atom is 0.295 e. The number of carbonyl (C=O) groups excluding carboxylic acids is 1. The zero-order valence-electron chi connectivity index (χ0n) is 23.2. The lowest BCUT2D eigenvalue weighted by Gasteiger charge is -2.12. The van der Waals surface area contributed by atoms with Gasteiger partial charge in [0.05, 0.1) is 22.8 Å². The Morgan fingerprint density at radius 1 is 0.795 bits per heavy atom. The molecule has 1 heterocycles. The lowest BCUT2D eigenvalue weighted by molar-refractivity contribution is -0.117. The number of amides is 1. The number of aromatic hydroxyl groups is 1. The molecule has 0 saturated heterocycles. The molecule has 0 saturated carbocycles. The third kappa shape index (κ3) is 5.71. The average molecular weight is 605 g/mol. The van der Waals surface area contributed by atoms with E-state index in [0.29, 0.717) is 28.3 Å². The van der Waals surface area contributed by atoms with Gasteiger partial charge in [0.1, 0.15) is 16.3 Å². The number of para-hydroxylation sites is 1. The first-order valence-electron chi connectivity index (χ1n) is 13.4. The Morgan fingerprint density at radius 2 is 1.50 bits per heavy atom. The molecule has 0 radical (unpaired) electrons. The van der Waals surface area contributed by atoms with Crippen molar-refractivity contribution in [3.05, 3.63) is 109 Å². The van der Waals surface area contributed by atoms with Gasteiger partial charge in [0.15, 0.2) is 6.04 Å². The van der Waals surface area contributed by atoms with Crippen LogP contribution in [0.3, 0.4) is 0 Å². The van der Waals surface area contributed by atoms with Crippen molar-refractivity contribution in [3.63, 3.8) is 0 Å². The van der Waals surface area contributed by atoms with Crippen molar-refractivity contribution in [2.75, 3.05) is 5.01 Å². The minimum Gasteiger partial charge on any atom is -0.506 e. The monoisotopic (exact) mass is 604 g/mol. The number of hydrogen-bond donors (Lipinski definition) is 2. The second-order valence-corrected chi connectivity index (χ2v) is 11.3. The number of hydrogen-bond acceptors (Lipinski definition) is 9. The van der Waals surface area contributed by atoms with E-state index in [1.165, 1.54) is 23.2 Å². The van der Waals surface area contributed by atoms with Gasteiger partial charge in [0, 0.05) is 10.9 Å². The summed E-state index contributed by atoms with van der Waals surface area (Å²) >= 11 is 0. The molecule has 0 fully saturated rings. The molecule has 0 bridgehead atoms. The summed E-state index contributed by atoms with van der Waals surface area (Å²) < 4.78 is 34.7. The van der Waals surface area contributed by atoms with Gasteiger partial charge in [-0.2, -0.15) is 33.9 Å². The SMILES string of the molecule is CC1=NN(c2ccccc2)C(=O)C1/N=N/c1ccc(-c2ccc(/N=N/c3c(O)ccc4ccccc34)cc2)c(S(=O)(=O)O)c1. The fourth-order valence-corrected chi connectivity index (χ4v) is 5.49. The van der Waals surface area contributed by atoms with Crippen molar-refractivity contribution in [1.82, 2.24) is 0 Å². The first-order valence-corrected chi connectivity index (χ1v) is 14.8. The highest BCUT2D eigenvalue weighted by atomic mass is 32.2. The van der Waals surface area contributed by atoms with E-state index in [2.05, 4.69) is 25.6 Å². The number of fused-ring (bicyclic) bond motifs is 1. The molecular weight excluding hydrogens is 580 g/mol. The van der Waals surface area contributed by atoms with E-state index in [-0.39, 0.29) is 21.9 Å². The lowest BCUT2D eigenvalue weighted by Crippen LogP contribution is -2.29. The van der Waals surface area contributed by atoms with Gasteiger partial charge < -0.3 is 5.11 Å². The molecule has 2 N–H and O–H groups in total. The molecular formula is C32H24N6O5S. The molecule has 44 heavy (non-hydrogen) atoms. The Balaban J connectivity index is 1.25. The number of phenols is 1. The molecule has 1 amide bonds. The predicted octanol–water partition coefficient (Wildman–Crippen LogP) is 7.75. The number of nitrogens with zero attached hydrogens (tertiary/aromatic N) is 6. The number of anilines is 1. The zero-order valence-corrected chi connectivity index (χ0v) is 24.0. The molecule has 5 aromatic carbocycles. The fourth-order valence-electron chi connectivity index (χ4n) is 4.76. The van der Waals surface area contributed by atoms with Crippen LogP contribution in [0, 0.1) is 0 Å². The van der Waals surface area contributed by atoms with E-state index >= 15 is 0 Å². The Bertz CT molecular complexity index is 2100. The molecule has 1 aliphatic heterocycles. The largest absolute Gasteiger partial charge is 0.506 e. The Morgan fingerprint density at radius 3 is 2.25 bits per heavy atom. The highest BCUT2D eigenvalue weighted by Crippen LogP contribution is 2.37. The van der Waals surface area contributed by atoms with Gasteiger partial charge in [0.25, 0.3) is 16.0 Å². The van der Waals surface area contributed by atoms with Crippen molar-refractivity contribution in [2.45, 2.75) is 17.9 Å². The van der Waals surface area contributed by atoms with Gasteiger partial charge >= 0.3 is 0 Å². The van der Waals surface area contributed by atoms with Crippen LogP contribution in [0.1, 0.15) is 6.92 Å². The van der Waals surface area contributed by atoms with Crippen LogP contribution in [0.25, 0.3) is 21.9 Å². The summed E-state index contributed by atoms with van der Waals surface area (Å²) in [6.07, 6.45) is 0. The number of phenolic OH excluding ortho intramolecular Hbond substituents is 1. The van der Waals surface area contributed by atoms with Gasteiger partial charge in [0.2, 0.25) is 0 Å². The molecule has 1 unspecified atom stereocenters. The van der Waals surface area contributed by atoms with Crippen LogP contribution >= 0.6 is 0 Å². The van der Waals surface area contributed by atoms with E-state index in [9.17, 15) is 22.9 Å². The lowest BCUT2D eigenvalue weighted by atomic mass is 10.0. The van der Waals surface area contributed by atoms with Crippen LogP contribution < -0.4 is 5.01 Å². The van der Waals surface area contributed by atoms with Crippen molar-refractivity contribution in [3.8, 4) is 16.9 Å². The average Bonchev–Trinajstić information content (AvgIpc) is 3.32. The van der Waals surface area contributed by atoms with Crippen molar-refractivity contribution >= 4 is 55.3 Å². The molecule has 1 aliphatic rings. The Labute approximate surface area is 252 Å².